The van der Waals surface area contributed by atoms with Gasteiger partial charge in [-0.2, -0.15) is 8.78 Å². The number of carbonyl (C=O) groups is 2. The van der Waals surface area contributed by atoms with Gasteiger partial charge in [-0.1, -0.05) is 0 Å². The summed E-state index contributed by atoms with van der Waals surface area (Å²) in [6, 6.07) is 3.70. The van der Waals surface area contributed by atoms with Crippen LogP contribution >= 0.6 is 11.9 Å². The quantitative estimate of drug-likeness (QED) is 0.280. The minimum Gasteiger partial charge on any atom is -0.477 e. The van der Waals surface area contributed by atoms with Gasteiger partial charge in [0.1, 0.15) is 6.61 Å². The van der Waals surface area contributed by atoms with Crippen LogP contribution in [0.25, 0.3) is 0 Å². The summed E-state index contributed by atoms with van der Waals surface area (Å²) in [5.41, 5.74) is 5.78. The number of pyridine rings is 1. The van der Waals surface area contributed by atoms with Crippen LogP contribution < -0.4 is 15.8 Å². The van der Waals surface area contributed by atoms with Gasteiger partial charge < -0.3 is 25.6 Å². The highest BCUT2D eigenvalue weighted by Gasteiger charge is 2.31. The Labute approximate surface area is 207 Å². The van der Waals surface area contributed by atoms with Gasteiger partial charge in [-0.3, -0.25) is 4.79 Å². The number of nitrogens with two attached hydrogens (primary N) is 1. The van der Waals surface area contributed by atoms with Crippen molar-refractivity contribution in [2.24, 2.45) is 11.7 Å². The predicted octanol–water partition coefficient (Wildman–Crippen LogP) is 2.87. The smallest absolute Gasteiger partial charge is 0.374 e. The number of ether oxygens (including phenoxy) is 2. The van der Waals surface area contributed by atoms with Gasteiger partial charge in [-0.05, 0) is 36.8 Å². The van der Waals surface area contributed by atoms with Gasteiger partial charge in [0, 0.05) is 69.4 Å². The summed E-state index contributed by atoms with van der Waals surface area (Å²) >= 11 is 1.65. The normalized spacial score (nSPS) is 15.2. The number of aliphatic carboxylic acids is 1. The van der Waals surface area contributed by atoms with Gasteiger partial charge in [0.25, 0.3) is 0 Å². The molecule has 0 aromatic carbocycles. The number of carboxylic acid groups (broad SMARTS) is 1. The zero-order valence-electron chi connectivity index (χ0n) is 19.8. The number of carboxylic acids is 1. The van der Waals surface area contributed by atoms with E-state index in [1.54, 1.807) is 31.3 Å². The molecule has 1 aliphatic heterocycles. The van der Waals surface area contributed by atoms with Crippen molar-refractivity contribution in [3.63, 3.8) is 0 Å². The molecule has 2 heterocycles. The molecule has 1 aromatic heterocycles. The van der Waals surface area contributed by atoms with Gasteiger partial charge in [-0.25, -0.2) is 18.5 Å². The molecule has 0 spiro atoms. The molecule has 4 N–H and O–H groups in total. The van der Waals surface area contributed by atoms with E-state index in [0.717, 1.165) is 30.8 Å². The van der Waals surface area contributed by atoms with Gasteiger partial charge in [0.15, 0.2) is 0 Å². The van der Waals surface area contributed by atoms with Crippen molar-refractivity contribution in [2.75, 3.05) is 46.5 Å². The van der Waals surface area contributed by atoms with Gasteiger partial charge >= 0.3 is 11.9 Å². The third-order valence-electron chi connectivity index (χ3n) is 4.82. The second kappa shape index (κ2) is 16.3. The van der Waals surface area contributed by atoms with Crippen LogP contribution in [0.5, 0.6) is 5.88 Å². The molecule has 0 bridgehead atoms. The summed E-state index contributed by atoms with van der Waals surface area (Å²) in [4.78, 5) is 26.4. The number of hydrogen-bond donors (Lipinski definition) is 3. The van der Waals surface area contributed by atoms with E-state index in [1.807, 2.05) is 6.07 Å². The Kier molecular flexibility index (Phi) is 14.3. The van der Waals surface area contributed by atoms with Crippen molar-refractivity contribution in [2.45, 2.75) is 37.0 Å². The molecule has 1 aliphatic rings. The van der Waals surface area contributed by atoms with Gasteiger partial charge in [0.05, 0.1) is 12.9 Å². The Morgan fingerprint density at radius 3 is 2.51 bits per heavy atom. The summed E-state index contributed by atoms with van der Waals surface area (Å²) in [6.07, 6.45) is 4.79. The maximum Gasteiger partial charge on any atom is 0.374 e. The first kappa shape index (κ1) is 30.7. The third-order valence-corrected chi connectivity index (χ3v) is 5.89. The zero-order valence-corrected chi connectivity index (χ0v) is 20.7. The molecule has 0 atom stereocenters. The van der Waals surface area contributed by atoms with Crippen LogP contribution in [0.4, 0.5) is 13.2 Å². The van der Waals surface area contributed by atoms with Crippen molar-refractivity contribution in [3.8, 4) is 5.88 Å². The highest BCUT2D eigenvalue weighted by molar-refractivity contribution is 7.97. The minimum absolute atomic E-state index is 0.0963. The molecule has 2 rings (SSSR count). The first-order valence-corrected chi connectivity index (χ1v) is 11.7. The number of nitrogens with zero attached hydrogens (tertiary/aromatic N) is 2. The van der Waals surface area contributed by atoms with Gasteiger partial charge in [0.2, 0.25) is 11.8 Å². The van der Waals surface area contributed by atoms with Crippen molar-refractivity contribution < 1.29 is 37.3 Å². The van der Waals surface area contributed by atoms with Crippen LogP contribution in [0.15, 0.2) is 35.1 Å². The average Bonchev–Trinajstić information content (AvgIpc) is 2.82. The molecule has 9 nitrogen and oxygen atoms in total. The fourth-order valence-corrected chi connectivity index (χ4v) is 3.71. The van der Waals surface area contributed by atoms with E-state index in [1.165, 1.54) is 0 Å². The molecular weight excluding hydrogens is 489 g/mol. The molecule has 1 amide bonds. The minimum atomic E-state index is -3.58. The second-order valence-corrected chi connectivity index (χ2v) is 8.97. The number of rotatable bonds is 12. The van der Waals surface area contributed by atoms with Crippen LogP contribution in [0.2, 0.25) is 0 Å². The highest BCUT2D eigenvalue weighted by atomic mass is 32.2. The lowest BCUT2D eigenvalue weighted by Crippen LogP contribution is -2.33. The third kappa shape index (κ3) is 13.4. The first-order valence-electron chi connectivity index (χ1n) is 11.0. The topological polar surface area (TPSA) is 127 Å². The Morgan fingerprint density at radius 2 is 2.03 bits per heavy atom. The Balaban J connectivity index is 0.000000762. The maximum atomic E-state index is 12.5. The monoisotopic (exact) mass is 522 g/mol. The lowest BCUT2D eigenvalue weighted by atomic mass is 9.94. The molecule has 1 saturated heterocycles. The number of amides is 1. The summed E-state index contributed by atoms with van der Waals surface area (Å²) < 4.78 is 47.6. The summed E-state index contributed by atoms with van der Waals surface area (Å²) in [5, 5.41) is 10.4. The summed E-state index contributed by atoms with van der Waals surface area (Å²) in [5.74, 6) is -4.71. The molecule has 198 valence electrons. The largest absolute Gasteiger partial charge is 0.477 e. The Hall–Kier alpha value is -2.35. The Bertz CT molecular complexity index is 801. The number of piperidine rings is 1. The SMILES string of the molecule is CC(F)(F)C(=O)O.COCCNC(=O)CC1CCN(Sc2ccc(OC/C(=C\F)CN)nc2)CC1. The van der Waals surface area contributed by atoms with Crippen LogP contribution in [0.1, 0.15) is 26.2 Å². The van der Waals surface area contributed by atoms with Crippen molar-refractivity contribution in [1.82, 2.24) is 14.6 Å². The molecule has 0 saturated carbocycles. The molecule has 1 aromatic rings. The second-order valence-electron chi connectivity index (χ2n) is 7.80. The van der Waals surface area contributed by atoms with Crippen LogP contribution in [0.3, 0.4) is 0 Å². The van der Waals surface area contributed by atoms with Gasteiger partial charge in [-0.15, -0.1) is 0 Å². The predicted molar refractivity (Wildman–Crippen MR) is 126 cm³/mol. The highest BCUT2D eigenvalue weighted by Crippen LogP contribution is 2.29. The number of carbonyl (C=O) groups excluding carboxylic acids is 1. The van der Waals surface area contributed by atoms with E-state index in [0.29, 0.717) is 50.2 Å². The maximum absolute atomic E-state index is 12.5. The Morgan fingerprint density at radius 1 is 1.37 bits per heavy atom. The summed E-state index contributed by atoms with van der Waals surface area (Å²) in [6.45, 7) is 3.51. The number of nitrogens with one attached hydrogen (secondary N) is 1. The van der Waals surface area contributed by atoms with E-state index in [2.05, 4.69) is 14.6 Å². The molecule has 35 heavy (non-hydrogen) atoms. The lowest BCUT2D eigenvalue weighted by Gasteiger charge is -2.30. The molecule has 0 radical (unpaired) electrons. The standard InChI is InChI=1S/C19H29FN4O3S.C3H4F2O2/c1-26-9-6-22-18(25)10-15-4-7-24(8-5-15)28-17-2-3-19(23-13-17)27-14-16(11-20)12-21;1-3(4,5)2(6)7/h2-3,11,13,15H,4-10,12,14,21H2,1H3,(H,22,25);1H3,(H,6,7)/b16-11-;. The number of hydrogen-bond acceptors (Lipinski definition) is 8. The molecule has 0 unspecified atom stereocenters. The van der Waals surface area contributed by atoms with Crippen molar-refractivity contribution >= 4 is 23.8 Å². The summed E-state index contributed by atoms with van der Waals surface area (Å²) in [7, 11) is 1.62. The number of alkyl halides is 2. The number of methoxy groups -OCH3 is 1. The first-order chi connectivity index (χ1) is 16.6. The molecular formula is C22H33F3N4O5S. The molecule has 0 aliphatic carbocycles. The lowest BCUT2D eigenvalue weighted by molar-refractivity contribution is -0.161. The van der Waals surface area contributed by atoms with Crippen LogP contribution in [-0.2, 0) is 14.3 Å². The average molecular weight is 523 g/mol. The van der Waals surface area contributed by atoms with E-state index < -0.39 is 11.9 Å². The van der Waals surface area contributed by atoms with E-state index >= 15 is 0 Å². The fraction of sp³-hybridized carbons (Fsp3) is 0.591. The van der Waals surface area contributed by atoms with Crippen molar-refractivity contribution in [3.05, 3.63) is 30.2 Å². The van der Waals surface area contributed by atoms with E-state index in [4.69, 9.17) is 20.3 Å². The van der Waals surface area contributed by atoms with Crippen LogP contribution in [-0.4, -0.2) is 78.7 Å². The fourth-order valence-electron chi connectivity index (χ4n) is 2.79. The van der Waals surface area contributed by atoms with E-state index in [9.17, 15) is 22.8 Å². The zero-order chi connectivity index (χ0) is 26.3. The van der Waals surface area contributed by atoms with Crippen molar-refractivity contribution in [1.29, 1.82) is 0 Å². The molecule has 13 heteroatoms. The number of aromatic nitrogens is 1. The molecule has 1 fully saturated rings. The van der Waals surface area contributed by atoms with E-state index in [-0.39, 0.29) is 19.1 Å². The number of halogens is 3. The van der Waals surface area contributed by atoms with Crippen LogP contribution in [0, 0.1) is 5.92 Å².